The Morgan fingerprint density at radius 1 is 0.825 bits per heavy atom. The second kappa shape index (κ2) is 21.0. The Kier molecular flexibility index (Phi) is 16.2. The molecule has 0 bridgehead atoms. The number of carbonyl (C=O) groups excluding carboxylic acids is 2. The van der Waals surface area contributed by atoms with Crippen LogP contribution in [0.1, 0.15) is 128 Å². The van der Waals surface area contributed by atoms with Gasteiger partial charge >= 0.3 is 23.8 Å². The van der Waals surface area contributed by atoms with Crippen LogP contribution in [0, 0.1) is 0 Å². The molecule has 4 saturated heterocycles. The van der Waals surface area contributed by atoms with Gasteiger partial charge in [0.2, 0.25) is 0 Å². The third-order valence-electron chi connectivity index (χ3n) is 12.0. The number of halogens is 3. The number of fused-ring (bicyclic) bond motifs is 1. The minimum absolute atomic E-state index is 0.0157. The average molecular weight is 827 g/mol. The van der Waals surface area contributed by atoms with E-state index in [-0.39, 0.29) is 54.1 Å². The Bertz CT molecular complexity index is 1450. The number of amides is 2. The zero-order valence-electron chi connectivity index (χ0n) is 32.8. The molecule has 5 aliphatic heterocycles. The van der Waals surface area contributed by atoms with E-state index in [9.17, 15) is 33.0 Å². The maximum absolute atomic E-state index is 13.2. The van der Waals surface area contributed by atoms with Crippen molar-refractivity contribution in [3.63, 3.8) is 0 Å². The Morgan fingerprint density at radius 3 is 2.04 bits per heavy atom. The largest absolute Gasteiger partial charge is 0.494 e. The summed E-state index contributed by atoms with van der Waals surface area (Å²) in [5.74, 6) is 1.32. The van der Waals surface area contributed by atoms with Gasteiger partial charge in [-0.05, 0) is 76.3 Å². The summed E-state index contributed by atoms with van der Waals surface area (Å²) in [5, 5.41) is 34.4. The van der Waals surface area contributed by atoms with Crippen LogP contribution in [-0.2, 0) is 24.7 Å². The fourth-order valence-corrected chi connectivity index (χ4v) is 10.1. The Balaban J connectivity index is 0.718. The highest BCUT2D eigenvalue weighted by Crippen LogP contribution is 2.52. The van der Waals surface area contributed by atoms with E-state index in [0.29, 0.717) is 43.5 Å². The van der Waals surface area contributed by atoms with Gasteiger partial charge in [0.05, 0.1) is 61.9 Å². The molecule has 0 radical (unpaired) electrons. The minimum atomic E-state index is -4.54. The molecule has 16 heteroatoms. The van der Waals surface area contributed by atoms with Crippen molar-refractivity contribution in [3.8, 4) is 5.75 Å². The summed E-state index contributed by atoms with van der Waals surface area (Å²) in [6, 6.07) is 6.10. The lowest BCUT2D eigenvalue weighted by molar-refractivity contribution is -0.166. The van der Waals surface area contributed by atoms with Crippen molar-refractivity contribution < 1.29 is 51.9 Å². The minimum Gasteiger partial charge on any atom is -0.494 e. The van der Waals surface area contributed by atoms with Crippen molar-refractivity contribution in [2.24, 2.45) is 10.2 Å². The number of carbonyl (C=O) groups is 2. The number of hydrogen-bond acceptors (Lipinski definition) is 11. The summed E-state index contributed by atoms with van der Waals surface area (Å²) < 4.78 is 63.1. The zero-order valence-corrected chi connectivity index (χ0v) is 33.7. The van der Waals surface area contributed by atoms with Crippen LogP contribution in [0.5, 0.6) is 5.75 Å². The topological polar surface area (TPSA) is 160 Å². The van der Waals surface area contributed by atoms with Gasteiger partial charge in [0.15, 0.2) is 0 Å². The van der Waals surface area contributed by atoms with Crippen LogP contribution in [0.25, 0.3) is 0 Å². The van der Waals surface area contributed by atoms with Crippen molar-refractivity contribution in [2.75, 3.05) is 19.0 Å². The molecule has 320 valence electrons. The summed E-state index contributed by atoms with van der Waals surface area (Å²) in [6.45, 7) is 0.908. The number of nitrogens with one attached hydrogen (secondary N) is 2. The van der Waals surface area contributed by atoms with Crippen LogP contribution < -0.4 is 15.4 Å². The van der Waals surface area contributed by atoms with Gasteiger partial charge in [0, 0.05) is 23.0 Å². The second-order valence-electron chi connectivity index (χ2n) is 16.3. The molecule has 0 spiro atoms. The van der Waals surface area contributed by atoms with Crippen LogP contribution in [0.3, 0.4) is 0 Å². The van der Waals surface area contributed by atoms with Gasteiger partial charge in [-0.25, -0.2) is 4.79 Å². The summed E-state index contributed by atoms with van der Waals surface area (Å²) in [6.07, 6.45) is 10.0. The summed E-state index contributed by atoms with van der Waals surface area (Å²) in [5.41, 5.74) is -2.43. The van der Waals surface area contributed by atoms with Crippen molar-refractivity contribution in [3.05, 3.63) is 29.8 Å². The van der Waals surface area contributed by atoms with E-state index < -0.39 is 24.0 Å². The van der Waals surface area contributed by atoms with Crippen molar-refractivity contribution in [2.45, 2.75) is 188 Å². The fraction of sp³-hybridized carbons (Fsp3) is 0.805. The lowest BCUT2D eigenvalue weighted by atomic mass is 10.0. The van der Waals surface area contributed by atoms with Gasteiger partial charge in [-0.2, -0.15) is 24.9 Å². The molecule has 0 aliphatic carbocycles. The van der Waals surface area contributed by atoms with Crippen LogP contribution in [0.4, 0.5) is 18.0 Å². The Labute approximate surface area is 338 Å². The van der Waals surface area contributed by atoms with Gasteiger partial charge in [-0.3, -0.25) is 4.79 Å². The molecule has 5 heterocycles. The lowest BCUT2D eigenvalue weighted by Crippen LogP contribution is -2.36. The predicted molar refractivity (Wildman–Crippen MR) is 208 cm³/mol. The number of rotatable bonds is 25. The molecular weight excluding hydrogens is 766 g/mol. The first-order valence-corrected chi connectivity index (χ1v) is 22.3. The molecule has 57 heavy (non-hydrogen) atoms. The summed E-state index contributed by atoms with van der Waals surface area (Å²) in [7, 11) is 0. The maximum Gasteiger partial charge on any atom is 0.442 e. The SMILES string of the molecule is O=C1N[C@H]2[C@H](CS[C@H]2CCCCC(=O)OCCCCCCC[C@@H](O)[C@H]2CC[C@H]([C@H]3CC[C@H]([C@H](O)CCCCCCOc4ccc(C5(C(F)(F)F)N=N5)cc4)O3)O2)N1. The third-order valence-corrected chi connectivity index (χ3v) is 13.5. The van der Waals surface area contributed by atoms with Gasteiger partial charge < -0.3 is 39.8 Å². The van der Waals surface area contributed by atoms with Crippen molar-refractivity contribution in [1.82, 2.24) is 10.6 Å². The van der Waals surface area contributed by atoms with Gasteiger partial charge in [-0.1, -0.05) is 63.5 Å². The normalized spacial score (nSPS) is 28.5. The molecule has 1 aromatic carbocycles. The quantitative estimate of drug-likeness (QED) is 0.0442. The molecule has 2 amide bonds. The monoisotopic (exact) mass is 826 g/mol. The standard InChI is InChI=1S/C41H61F3N4O8S/c42-41(43,44)40(47-48-40)27-16-18-28(19-17-27)53-24-10-5-3-7-13-31(50)33-21-23-35(56-33)34-22-20-32(55-34)30(49)12-6-2-1-4-11-25-54-37(51)15-9-8-14-36-38-29(26-57-36)45-39(52)46-38/h16-19,29-36,38,49-50H,1-15,20-26H2,(H2,45,46,52)/t29-,30+,31+,32+,33+,34+,35+,36-,38-/m0/s1. The number of nitrogens with zero attached hydrogens (tertiary/aromatic N) is 2. The van der Waals surface area contributed by atoms with E-state index in [1.54, 1.807) is 0 Å². The average Bonchev–Trinajstić information content (AvgIpc) is 3.52. The van der Waals surface area contributed by atoms with Crippen LogP contribution in [0.2, 0.25) is 0 Å². The number of benzene rings is 1. The number of urea groups is 1. The van der Waals surface area contributed by atoms with Crippen LogP contribution in [0.15, 0.2) is 34.5 Å². The van der Waals surface area contributed by atoms with E-state index in [1.807, 2.05) is 11.8 Å². The molecule has 0 unspecified atom stereocenters. The van der Waals surface area contributed by atoms with Crippen LogP contribution >= 0.6 is 11.8 Å². The Morgan fingerprint density at radius 2 is 1.42 bits per heavy atom. The molecular formula is C41H61F3N4O8S. The van der Waals surface area contributed by atoms with E-state index >= 15 is 0 Å². The van der Waals surface area contributed by atoms with Gasteiger partial charge in [0.25, 0.3) is 0 Å². The van der Waals surface area contributed by atoms with E-state index in [1.165, 1.54) is 24.3 Å². The van der Waals surface area contributed by atoms with E-state index in [4.69, 9.17) is 18.9 Å². The summed E-state index contributed by atoms with van der Waals surface area (Å²) in [4.78, 5) is 23.6. The van der Waals surface area contributed by atoms with Crippen molar-refractivity contribution >= 4 is 23.8 Å². The summed E-state index contributed by atoms with van der Waals surface area (Å²) >= 11 is 1.89. The van der Waals surface area contributed by atoms with Crippen molar-refractivity contribution in [1.29, 1.82) is 0 Å². The number of ether oxygens (including phenoxy) is 4. The molecule has 6 rings (SSSR count). The maximum atomic E-state index is 13.2. The molecule has 5 aliphatic rings. The third kappa shape index (κ3) is 12.4. The molecule has 9 atom stereocenters. The molecule has 1 aromatic rings. The molecule has 0 aromatic heterocycles. The number of aliphatic hydroxyl groups excluding tert-OH is 2. The smallest absolute Gasteiger partial charge is 0.442 e. The first-order chi connectivity index (χ1) is 27.5. The molecule has 4 N–H and O–H groups in total. The number of thioether (sulfide) groups is 1. The predicted octanol–water partition coefficient (Wildman–Crippen LogP) is 7.62. The number of alkyl halides is 3. The van der Waals surface area contributed by atoms with E-state index in [0.717, 1.165) is 108 Å². The number of aliphatic hydroxyl groups is 2. The van der Waals surface area contributed by atoms with Crippen LogP contribution in [-0.4, -0.2) is 101 Å². The highest BCUT2D eigenvalue weighted by Gasteiger charge is 2.65. The lowest BCUT2D eigenvalue weighted by Gasteiger charge is -2.24. The van der Waals surface area contributed by atoms with E-state index in [2.05, 4.69) is 20.9 Å². The Hall–Kier alpha value is -2.66. The van der Waals surface area contributed by atoms with Gasteiger partial charge in [0.1, 0.15) is 5.75 Å². The number of unbranched alkanes of at least 4 members (excludes halogenated alkanes) is 8. The first-order valence-electron chi connectivity index (χ1n) is 21.3. The number of esters is 1. The molecule has 0 saturated carbocycles. The highest BCUT2D eigenvalue weighted by molar-refractivity contribution is 8.00. The second-order valence-corrected chi connectivity index (χ2v) is 17.6. The molecule has 12 nitrogen and oxygen atoms in total. The molecule has 4 fully saturated rings. The fourth-order valence-electron chi connectivity index (χ4n) is 8.59. The number of hydrogen-bond donors (Lipinski definition) is 4. The highest BCUT2D eigenvalue weighted by atomic mass is 32.2. The van der Waals surface area contributed by atoms with Gasteiger partial charge in [-0.15, -0.1) is 10.2 Å². The zero-order chi connectivity index (χ0) is 40.3. The first kappa shape index (κ1) is 43.9.